The average Bonchev–Trinajstić information content (AvgIpc) is 3.20. The van der Waals surface area contributed by atoms with E-state index in [0.29, 0.717) is 46.6 Å². The number of rotatable bonds is 10. The molecular formula is C27H30ClN3O3Si. The molecule has 0 fully saturated rings. The van der Waals surface area contributed by atoms with Gasteiger partial charge in [-0.15, -0.1) is 0 Å². The number of aromatic nitrogens is 2. The number of hydrogen-bond donors (Lipinski definition) is 1. The lowest BCUT2D eigenvalue weighted by Gasteiger charge is -2.15. The molecular weight excluding hydrogens is 478 g/mol. The summed E-state index contributed by atoms with van der Waals surface area (Å²) in [5, 5.41) is 4.24. The van der Waals surface area contributed by atoms with Crippen molar-refractivity contribution < 1.29 is 14.3 Å². The van der Waals surface area contributed by atoms with Crippen LogP contribution in [0.4, 0.5) is 5.69 Å². The fourth-order valence-corrected chi connectivity index (χ4v) is 4.76. The highest BCUT2D eigenvalue weighted by Crippen LogP contribution is 2.33. The maximum absolute atomic E-state index is 13.7. The van der Waals surface area contributed by atoms with E-state index < -0.39 is 8.07 Å². The molecule has 0 aliphatic heterocycles. The van der Waals surface area contributed by atoms with Crippen LogP contribution in [0.2, 0.25) is 30.7 Å². The summed E-state index contributed by atoms with van der Waals surface area (Å²) in [7, 11) is 0.631. The summed E-state index contributed by atoms with van der Waals surface area (Å²) >= 11 is 6.56. The van der Waals surface area contributed by atoms with E-state index >= 15 is 0 Å². The predicted octanol–water partition coefficient (Wildman–Crippen LogP) is 7.07. The van der Waals surface area contributed by atoms with E-state index in [-0.39, 0.29) is 5.78 Å². The number of nitrogens with one attached hydrogen (secondary N) is 1. The molecule has 182 valence electrons. The molecule has 0 radical (unpaired) electrons. The molecule has 1 N–H and O–H groups in total. The Kier molecular flexibility index (Phi) is 7.59. The molecule has 0 atom stereocenters. The average molecular weight is 508 g/mol. The van der Waals surface area contributed by atoms with Crippen LogP contribution in [0, 0.1) is 0 Å². The van der Waals surface area contributed by atoms with Crippen molar-refractivity contribution in [3.63, 3.8) is 0 Å². The number of hydrogen-bond acceptors (Lipinski definition) is 5. The summed E-state index contributed by atoms with van der Waals surface area (Å²) in [5.74, 6) is 1.08. The van der Waals surface area contributed by atoms with Crippen LogP contribution in [0.25, 0.3) is 11.0 Å². The fourth-order valence-electron chi connectivity index (χ4n) is 3.75. The van der Waals surface area contributed by atoms with Gasteiger partial charge in [-0.1, -0.05) is 49.4 Å². The predicted molar refractivity (Wildman–Crippen MR) is 145 cm³/mol. The van der Waals surface area contributed by atoms with Crippen molar-refractivity contribution in [3.8, 4) is 11.5 Å². The number of benzene rings is 2. The Morgan fingerprint density at radius 3 is 2.51 bits per heavy atom. The largest absolute Gasteiger partial charge is 0.457 e. The van der Waals surface area contributed by atoms with E-state index in [1.165, 1.54) is 0 Å². The topological polar surface area (TPSA) is 65.4 Å². The first-order valence-electron chi connectivity index (χ1n) is 11.6. The zero-order valence-corrected chi connectivity index (χ0v) is 22.2. The standard InChI is InChI=1S/C27H30ClN3O3Si/c1-29-24-12-13-30-27-25(24)22(17-31(27)18-33-14-15-35(2,3)4)26(32)21-11-10-20(16-23(21)28)34-19-8-6-5-7-9-19/h5-13,16-17H,14-15,18H2,1-4H3,(H,29,30). The van der Waals surface area contributed by atoms with Gasteiger partial charge in [0.1, 0.15) is 23.9 Å². The van der Waals surface area contributed by atoms with Crippen molar-refractivity contribution >= 4 is 42.2 Å². The summed E-state index contributed by atoms with van der Waals surface area (Å²) in [6.07, 6.45) is 3.53. The number of pyridine rings is 1. The minimum absolute atomic E-state index is 0.184. The smallest absolute Gasteiger partial charge is 0.196 e. The van der Waals surface area contributed by atoms with E-state index in [2.05, 4.69) is 29.9 Å². The van der Waals surface area contributed by atoms with Crippen LogP contribution >= 0.6 is 11.6 Å². The van der Waals surface area contributed by atoms with E-state index in [1.807, 2.05) is 48.0 Å². The van der Waals surface area contributed by atoms with Crippen LogP contribution in [0.15, 0.2) is 67.0 Å². The Morgan fingerprint density at radius 2 is 1.83 bits per heavy atom. The highest BCUT2D eigenvalue weighted by molar-refractivity contribution is 6.76. The van der Waals surface area contributed by atoms with E-state index in [4.69, 9.17) is 21.1 Å². The van der Waals surface area contributed by atoms with Crippen LogP contribution < -0.4 is 10.1 Å². The lowest BCUT2D eigenvalue weighted by molar-refractivity contribution is 0.0896. The number of anilines is 1. The first kappa shape index (κ1) is 25.0. The first-order chi connectivity index (χ1) is 16.8. The molecule has 0 spiro atoms. The summed E-state index contributed by atoms with van der Waals surface area (Å²) in [6, 6.07) is 17.5. The molecule has 0 unspecified atom stereocenters. The SMILES string of the molecule is CNc1ccnc2c1c(C(=O)c1ccc(Oc3ccccc3)cc1Cl)cn2COCC[Si](C)(C)C. The van der Waals surface area contributed by atoms with Gasteiger partial charge in [0.2, 0.25) is 0 Å². The molecule has 8 heteroatoms. The van der Waals surface area contributed by atoms with Crippen LogP contribution in [-0.4, -0.2) is 37.1 Å². The molecule has 6 nitrogen and oxygen atoms in total. The Bertz CT molecular complexity index is 1330. The molecule has 0 bridgehead atoms. The molecule has 0 saturated carbocycles. The van der Waals surface area contributed by atoms with Gasteiger partial charge >= 0.3 is 0 Å². The van der Waals surface area contributed by atoms with Crippen LogP contribution in [0.3, 0.4) is 0 Å². The molecule has 0 aliphatic rings. The van der Waals surface area contributed by atoms with E-state index in [9.17, 15) is 4.79 Å². The van der Waals surface area contributed by atoms with E-state index in [0.717, 1.165) is 17.1 Å². The van der Waals surface area contributed by atoms with Gasteiger partial charge in [-0.25, -0.2) is 4.98 Å². The third-order valence-electron chi connectivity index (χ3n) is 5.66. The zero-order chi connectivity index (χ0) is 25.0. The van der Waals surface area contributed by atoms with Gasteiger partial charge in [0, 0.05) is 51.4 Å². The number of ether oxygens (including phenoxy) is 2. The Labute approximate surface area is 211 Å². The van der Waals surface area contributed by atoms with Gasteiger partial charge in [-0.05, 0) is 36.4 Å². The number of ketones is 1. The zero-order valence-electron chi connectivity index (χ0n) is 20.5. The van der Waals surface area contributed by atoms with Crippen LogP contribution in [0.1, 0.15) is 15.9 Å². The van der Waals surface area contributed by atoms with Gasteiger partial charge in [0.25, 0.3) is 0 Å². The minimum atomic E-state index is -1.20. The van der Waals surface area contributed by atoms with Gasteiger partial charge in [-0.2, -0.15) is 0 Å². The number of nitrogens with zero attached hydrogens (tertiary/aromatic N) is 2. The number of carbonyl (C=O) groups is 1. The molecule has 0 saturated heterocycles. The Balaban J connectivity index is 1.63. The number of fused-ring (bicyclic) bond motifs is 1. The van der Waals surface area contributed by atoms with Crippen molar-refractivity contribution in [2.75, 3.05) is 19.0 Å². The van der Waals surface area contributed by atoms with Gasteiger partial charge in [0.05, 0.1) is 16.0 Å². The molecule has 4 rings (SSSR count). The maximum Gasteiger partial charge on any atom is 0.196 e. The monoisotopic (exact) mass is 507 g/mol. The molecule has 2 aromatic heterocycles. The maximum atomic E-state index is 13.7. The second kappa shape index (κ2) is 10.6. The lowest BCUT2D eigenvalue weighted by atomic mass is 10.0. The third-order valence-corrected chi connectivity index (χ3v) is 7.68. The highest BCUT2D eigenvalue weighted by Gasteiger charge is 2.22. The van der Waals surface area contributed by atoms with Crippen molar-refractivity contribution in [1.29, 1.82) is 0 Å². The number of carbonyl (C=O) groups excluding carboxylic acids is 1. The summed E-state index contributed by atoms with van der Waals surface area (Å²) in [6.45, 7) is 7.96. The second-order valence-electron chi connectivity index (χ2n) is 9.55. The normalized spacial score (nSPS) is 11.6. The van der Waals surface area contributed by atoms with Crippen molar-refractivity contribution in [2.24, 2.45) is 0 Å². The van der Waals surface area contributed by atoms with Gasteiger partial charge in [-0.3, -0.25) is 4.79 Å². The molecule has 4 aromatic rings. The fraction of sp³-hybridized carbons (Fsp3) is 0.259. The number of halogens is 1. The van der Waals surface area contributed by atoms with Crippen LogP contribution in [0.5, 0.6) is 11.5 Å². The second-order valence-corrected chi connectivity index (χ2v) is 15.6. The first-order valence-corrected chi connectivity index (χ1v) is 15.7. The molecule has 0 amide bonds. The molecule has 2 heterocycles. The number of para-hydroxylation sites is 1. The molecule has 0 aliphatic carbocycles. The van der Waals surface area contributed by atoms with Crippen molar-refractivity contribution in [1.82, 2.24) is 9.55 Å². The van der Waals surface area contributed by atoms with Crippen molar-refractivity contribution in [3.05, 3.63) is 83.1 Å². The van der Waals surface area contributed by atoms with Crippen molar-refractivity contribution in [2.45, 2.75) is 32.4 Å². The Hall–Kier alpha value is -3.13. The summed E-state index contributed by atoms with van der Waals surface area (Å²) < 4.78 is 13.7. The molecule has 35 heavy (non-hydrogen) atoms. The minimum Gasteiger partial charge on any atom is -0.457 e. The lowest BCUT2D eigenvalue weighted by Crippen LogP contribution is -2.22. The van der Waals surface area contributed by atoms with Gasteiger partial charge < -0.3 is 19.4 Å². The van der Waals surface area contributed by atoms with Gasteiger partial charge in [0.15, 0.2) is 5.78 Å². The third kappa shape index (κ3) is 5.93. The quantitative estimate of drug-likeness (QED) is 0.141. The highest BCUT2D eigenvalue weighted by atomic mass is 35.5. The van der Waals surface area contributed by atoms with E-state index in [1.54, 1.807) is 30.6 Å². The summed E-state index contributed by atoms with van der Waals surface area (Å²) in [4.78, 5) is 18.2. The Morgan fingerprint density at radius 1 is 1.06 bits per heavy atom. The summed E-state index contributed by atoms with van der Waals surface area (Å²) in [5.41, 5.74) is 2.43. The molecule has 2 aromatic carbocycles. The van der Waals surface area contributed by atoms with Crippen LogP contribution in [-0.2, 0) is 11.5 Å².